The molecule has 0 saturated carbocycles. The van der Waals surface area contributed by atoms with Gasteiger partial charge in [-0.05, 0) is 70.6 Å². The van der Waals surface area contributed by atoms with Gasteiger partial charge in [-0.25, -0.2) is 4.39 Å². The Bertz CT molecular complexity index is 1570. The molecule has 1 N–H and O–H groups in total. The number of amides is 1. The van der Waals surface area contributed by atoms with Gasteiger partial charge in [0.05, 0.1) is 18.2 Å². The topological polar surface area (TPSA) is 66.8 Å². The van der Waals surface area contributed by atoms with E-state index in [2.05, 4.69) is 0 Å². The number of rotatable bonds is 4. The van der Waals surface area contributed by atoms with Gasteiger partial charge in [-0.15, -0.1) is 0 Å². The summed E-state index contributed by atoms with van der Waals surface area (Å²) in [5.41, 5.74) is 2.88. The zero-order chi connectivity index (χ0) is 25.5. The second kappa shape index (κ2) is 9.21. The number of benzene rings is 4. The van der Waals surface area contributed by atoms with Gasteiger partial charge < -0.3 is 14.7 Å². The average Bonchev–Trinajstić information content (AvgIpc) is 3.18. The molecule has 0 aromatic heterocycles. The Hall–Kier alpha value is -4.45. The quantitative estimate of drug-likeness (QED) is 0.218. The van der Waals surface area contributed by atoms with E-state index < -0.39 is 17.7 Å². The van der Waals surface area contributed by atoms with Crippen molar-refractivity contribution in [3.8, 4) is 5.75 Å². The van der Waals surface area contributed by atoms with Crippen LogP contribution in [0.25, 0.3) is 16.5 Å². The van der Waals surface area contributed by atoms with Gasteiger partial charge in [0, 0.05) is 12.1 Å². The molecule has 1 saturated heterocycles. The number of ether oxygens (including phenoxy) is 1. The van der Waals surface area contributed by atoms with Gasteiger partial charge in [0.15, 0.2) is 0 Å². The molecule has 184 valence electrons. The Morgan fingerprint density at radius 2 is 1.76 bits per heavy atom. The molecular formula is C31H24FNO4. The maximum atomic E-state index is 13.5. The van der Waals surface area contributed by atoms with E-state index >= 15 is 0 Å². The molecule has 6 heteroatoms. The Balaban J connectivity index is 1.54. The molecule has 0 radical (unpaired) electrons. The summed E-state index contributed by atoms with van der Waals surface area (Å²) in [4.78, 5) is 28.4. The number of likely N-dealkylation sites (tertiary alicyclic amines) is 1. The van der Waals surface area contributed by atoms with E-state index in [0.717, 1.165) is 40.5 Å². The first-order valence-electron chi connectivity index (χ1n) is 12.3. The molecule has 4 aromatic carbocycles. The molecule has 1 fully saturated rings. The van der Waals surface area contributed by atoms with Crippen LogP contribution < -0.4 is 4.74 Å². The number of ketones is 1. The molecule has 2 aliphatic rings. The van der Waals surface area contributed by atoms with E-state index in [1.165, 1.54) is 17.0 Å². The minimum Gasteiger partial charge on any atom is -0.507 e. The fourth-order valence-electron chi connectivity index (χ4n) is 5.31. The number of aliphatic hydroxyl groups excluding tert-OH is 1. The number of Topliss-reactive ketones (excluding diaryl/α,β-unsaturated/α-hetero) is 1. The molecule has 0 spiro atoms. The van der Waals surface area contributed by atoms with Crippen molar-refractivity contribution < 1.29 is 23.8 Å². The lowest BCUT2D eigenvalue weighted by Crippen LogP contribution is -2.29. The first-order valence-corrected chi connectivity index (χ1v) is 12.3. The van der Waals surface area contributed by atoms with Crippen LogP contribution in [-0.2, 0) is 22.6 Å². The van der Waals surface area contributed by atoms with Crippen molar-refractivity contribution in [2.75, 3.05) is 6.61 Å². The highest BCUT2D eigenvalue weighted by Crippen LogP contribution is 2.43. The van der Waals surface area contributed by atoms with Gasteiger partial charge in [-0.1, -0.05) is 54.6 Å². The van der Waals surface area contributed by atoms with Crippen molar-refractivity contribution in [1.29, 1.82) is 0 Å². The summed E-state index contributed by atoms with van der Waals surface area (Å²) in [6.07, 6.45) is 1.68. The summed E-state index contributed by atoms with van der Waals surface area (Å²) in [6, 6.07) is 23.8. The smallest absolute Gasteiger partial charge is 0.295 e. The van der Waals surface area contributed by atoms with Crippen LogP contribution in [0.1, 0.15) is 34.7 Å². The standard InChI is InChI=1S/C31H24FNO4/c32-23-13-10-19(11-14-23)18-33-28(25-9-3-6-20-5-1-2-8-24(20)25)27(30(35)31(33)36)29(34)22-12-15-26-21(17-22)7-4-16-37-26/h1-3,5-6,8-15,17,28,34H,4,7,16,18H2/b29-27-. The second-order valence-electron chi connectivity index (χ2n) is 9.40. The third-order valence-electron chi connectivity index (χ3n) is 7.11. The Morgan fingerprint density at radius 1 is 0.973 bits per heavy atom. The van der Waals surface area contributed by atoms with Gasteiger partial charge in [0.2, 0.25) is 0 Å². The lowest BCUT2D eigenvalue weighted by molar-refractivity contribution is -0.140. The molecule has 6 rings (SSSR count). The van der Waals surface area contributed by atoms with E-state index in [-0.39, 0.29) is 23.7 Å². The summed E-state index contributed by atoms with van der Waals surface area (Å²) in [5, 5.41) is 13.4. The van der Waals surface area contributed by atoms with Gasteiger partial charge in [-0.2, -0.15) is 0 Å². The number of halogens is 1. The summed E-state index contributed by atoms with van der Waals surface area (Å²) in [6.45, 7) is 0.738. The van der Waals surface area contributed by atoms with Crippen LogP contribution in [0, 0.1) is 5.82 Å². The lowest BCUT2D eigenvalue weighted by Gasteiger charge is -2.26. The summed E-state index contributed by atoms with van der Waals surface area (Å²) < 4.78 is 19.2. The Labute approximate surface area is 213 Å². The van der Waals surface area contributed by atoms with Crippen LogP contribution in [0.5, 0.6) is 5.75 Å². The Morgan fingerprint density at radius 3 is 2.59 bits per heavy atom. The van der Waals surface area contributed by atoms with Crippen molar-refractivity contribution in [1.82, 2.24) is 4.90 Å². The molecule has 0 bridgehead atoms. The fraction of sp³-hybridized carbons (Fsp3) is 0.161. The normalized spacial score (nSPS) is 18.6. The number of fused-ring (bicyclic) bond motifs is 2. The van der Waals surface area contributed by atoms with E-state index in [1.807, 2.05) is 48.5 Å². The second-order valence-corrected chi connectivity index (χ2v) is 9.40. The molecule has 1 unspecified atom stereocenters. The summed E-state index contributed by atoms with van der Waals surface area (Å²) in [5.74, 6) is -1.28. The number of nitrogens with zero attached hydrogens (tertiary/aromatic N) is 1. The van der Waals surface area contributed by atoms with Crippen LogP contribution in [0.3, 0.4) is 0 Å². The minimum atomic E-state index is -0.816. The van der Waals surface area contributed by atoms with E-state index in [1.54, 1.807) is 24.3 Å². The van der Waals surface area contributed by atoms with Gasteiger partial charge in [0.1, 0.15) is 17.3 Å². The largest absolute Gasteiger partial charge is 0.507 e. The maximum Gasteiger partial charge on any atom is 0.295 e. The van der Waals surface area contributed by atoms with Crippen LogP contribution in [-0.4, -0.2) is 28.3 Å². The molecule has 2 heterocycles. The zero-order valence-electron chi connectivity index (χ0n) is 20.0. The monoisotopic (exact) mass is 493 g/mol. The maximum absolute atomic E-state index is 13.5. The first-order chi connectivity index (χ1) is 18.0. The minimum absolute atomic E-state index is 0.0418. The molecule has 2 aliphatic heterocycles. The van der Waals surface area contributed by atoms with Crippen molar-refractivity contribution in [3.05, 3.63) is 119 Å². The molecule has 4 aromatic rings. The van der Waals surface area contributed by atoms with Gasteiger partial charge >= 0.3 is 0 Å². The van der Waals surface area contributed by atoms with Crippen LogP contribution in [0.2, 0.25) is 0 Å². The number of hydrogen-bond donors (Lipinski definition) is 1. The molecule has 5 nitrogen and oxygen atoms in total. The number of aryl methyl sites for hydroxylation is 1. The molecule has 1 amide bonds. The molecular weight excluding hydrogens is 469 g/mol. The van der Waals surface area contributed by atoms with Crippen molar-refractivity contribution in [2.45, 2.75) is 25.4 Å². The highest BCUT2D eigenvalue weighted by molar-refractivity contribution is 6.46. The number of hydrogen-bond acceptors (Lipinski definition) is 4. The van der Waals surface area contributed by atoms with Crippen LogP contribution in [0.15, 0.2) is 90.5 Å². The Kier molecular flexibility index (Phi) is 5.72. The average molecular weight is 494 g/mol. The molecule has 37 heavy (non-hydrogen) atoms. The van der Waals surface area contributed by atoms with Crippen molar-refractivity contribution in [3.63, 3.8) is 0 Å². The number of aliphatic hydroxyl groups is 1. The number of carbonyl (C=O) groups is 2. The lowest BCUT2D eigenvalue weighted by atomic mass is 9.91. The van der Waals surface area contributed by atoms with Crippen LogP contribution >= 0.6 is 0 Å². The van der Waals surface area contributed by atoms with Crippen molar-refractivity contribution >= 4 is 28.2 Å². The molecule has 1 atom stereocenters. The summed E-state index contributed by atoms with van der Waals surface area (Å²) in [7, 11) is 0. The van der Waals surface area contributed by atoms with E-state index in [0.29, 0.717) is 17.7 Å². The highest BCUT2D eigenvalue weighted by Gasteiger charge is 2.46. The van der Waals surface area contributed by atoms with E-state index in [4.69, 9.17) is 4.74 Å². The third kappa shape index (κ3) is 4.04. The molecule has 0 aliphatic carbocycles. The highest BCUT2D eigenvalue weighted by atomic mass is 19.1. The summed E-state index contributed by atoms with van der Waals surface area (Å²) >= 11 is 0. The first kappa shape index (κ1) is 23.0. The van der Waals surface area contributed by atoms with Crippen LogP contribution in [0.4, 0.5) is 4.39 Å². The fourth-order valence-corrected chi connectivity index (χ4v) is 5.31. The predicted molar refractivity (Wildman–Crippen MR) is 138 cm³/mol. The third-order valence-corrected chi connectivity index (χ3v) is 7.11. The van der Waals surface area contributed by atoms with E-state index in [9.17, 15) is 19.1 Å². The predicted octanol–water partition coefficient (Wildman–Crippen LogP) is 5.93. The zero-order valence-corrected chi connectivity index (χ0v) is 20.0. The van der Waals surface area contributed by atoms with Gasteiger partial charge in [0.25, 0.3) is 11.7 Å². The van der Waals surface area contributed by atoms with Crippen molar-refractivity contribution in [2.24, 2.45) is 0 Å². The van der Waals surface area contributed by atoms with Gasteiger partial charge in [-0.3, -0.25) is 9.59 Å². The SMILES string of the molecule is O=C1C(=O)N(Cc2ccc(F)cc2)C(c2cccc3ccccc23)/C1=C(/O)c1ccc2c(c1)CCCO2. The number of carbonyl (C=O) groups excluding carboxylic acids is 2.